The van der Waals surface area contributed by atoms with Gasteiger partial charge in [0.25, 0.3) is 0 Å². The first-order valence-corrected chi connectivity index (χ1v) is 14.0. The quantitative estimate of drug-likeness (QED) is 0.130. The summed E-state index contributed by atoms with van der Waals surface area (Å²) in [6.45, 7) is 14.5. The summed E-state index contributed by atoms with van der Waals surface area (Å²) in [6, 6.07) is 6.37. The van der Waals surface area contributed by atoms with E-state index in [-0.39, 0.29) is 18.4 Å². The average molecular weight is 535 g/mol. The number of thioether (sulfide) groups is 1. The number of nitrogens with one attached hydrogen (secondary N) is 2. The van der Waals surface area contributed by atoms with Gasteiger partial charge in [0, 0.05) is 29.6 Å². The number of aryl methyl sites for hydroxylation is 1. The van der Waals surface area contributed by atoms with Gasteiger partial charge in [0.05, 0.1) is 0 Å². The molecule has 210 valence electrons. The third kappa shape index (κ3) is 19.2. The molecule has 8 heteroatoms. The number of carbonyl (C=O) groups is 3. The molecule has 0 spiro atoms. The number of rotatable bonds is 11. The van der Waals surface area contributed by atoms with E-state index in [0.29, 0.717) is 25.0 Å². The van der Waals surface area contributed by atoms with Gasteiger partial charge in [0.2, 0.25) is 12.3 Å². The van der Waals surface area contributed by atoms with Gasteiger partial charge in [-0.25, -0.2) is 0 Å². The monoisotopic (exact) mass is 534 g/mol. The summed E-state index contributed by atoms with van der Waals surface area (Å²) in [4.78, 5) is 32.1. The Kier molecular flexibility index (Phi) is 24.8. The van der Waals surface area contributed by atoms with Crippen LogP contribution in [0.5, 0.6) is 0 Å². The highest BCUT2D eigenvalue weighted by Gasteiger charge is 2.24. The molecule has 0 radical (unpaired) electrons. The topological polar surface area (TPSA) is 127 Å². The maximum atomic E-state index is 12.5. The molecule has 1 aromatic rings. The first-order chi connectivity index (χ1) is 17.8. The summed E-state index contributed by atoms with van der Waals surface area (Å²) in [6.07, 6.45) is 11.8. The highest BCUT2D eigenvalue weighted by atomic mass is 32.2. The van der Waals surface area contributed by atoms with Gasteiger partial charge in [-0.15, -0.1) is 0 Å². The molecule has 1 aliphatic rings. The summed E-state index contributed by atoms with van der Waals surface area (Å²) in [5.41, 5.74) is 12.3. The van der Waals surface area contributed by atoms with E-state index in [0.717, 1.165) is 28.5 Å². The first kappa shape index (κ1) is 36.6. The molecule has 37 heavy (non-hydrogen) atoms. The standard InChI is InChI=1S/C22H35N3OS.C3H4O.C3H8.CH3NO/c1-4-17-11-12-19(23)21(14-17)27-16(2)10-13-22(26)25-20(15-24-3)18-8-6-5-7-9-18;1-2-3-4;1-3-2;2-1-3/h11-12,14,18,20,24H,2,4-10,13,15,23H2,1,3H3,(H,25,26);2-3H,1H2;3H2,1-2H3;1H,(H2,2,3). The van der Waals surface area contributed by atoms with Crippen molar-refractivity contribution in [3.8, 4) is 0 Å². The van der Waals surface area contributed by atoms with Gasteiger partial charge in [-0.05, 0) is 67.3 Å². The number of nitrogens with two attached hydrogens (primary N) is 2. The van der Waals surface area contributed by atoms with E-state index in [9.17, 15) is 4.79 Å². The summed E-state index contributed by atoms with van der Waals surface area (Å²) in [5, 5.41) is 6.49. The Labute approximate surface area is 229 Å². The van der Waals surface area contributed by atoms with Gasteiger partial charge in [0.1, 0.15) is 6.29 Å². The molecule has 7 nitrogen and oxygen atoms in total. The van der Waals surface area contributed by atoms with E-state index < -0.39 is 0 Å². The Bertz CT molecular complexity index is 774. The molecular formula is C29H50N4O3S. The van der Waals surface area contributed by atoms with Crippen LogP contribution in [0.1, 0.15) is 77.7 Å². The fourth-order valence-corrected chi connectivity index (χ4v) is 4.63. The predicted octanol–water partition coefficient (Wildman–Crippen LogP) is 5.39. The average Bonchev–Trinajstić information content (AvgIpc) is 2.90. The predicted molar refractivity (Wildman–Crippen MR) is 159 cm³/mol. The van der Waals surface area contributed by atoms with Crippen LogP contribution in [0.15, 0.2) is 47.2 Å². The zero-order chi connectivity index (χ0) is 28.5. The van der Waals surface area contributed by atoms with Crippen molar-refractivity contribution in [2.24, 2.45) is 11.7 Å². The molecule has 6 N–H and O–H groups in total. The van der Waals surface area contributed by atoms with Crippen LogP contribution < -0.4 is 22.1 Å². The Morgan fingerprint density at radius 1 is 1.16 bits per heavy atom. The minimum atomic E-state index is 0.123. The molecule has 0 aromatic heterocycles. The number of likely N-dealkylation sites (N-methyl/N-ethyl adjacent to an activating group) is 1. The van der Waals surface area contributed by atoms with Gasteiger partial charge >= 0.3 is 0 Å². The molecule has 2 amide bonds. The van der Waals surface area contributed by atoms with Crippen LogP contribution in [0.4, 0.5) is 5.69 Å². The SMILES string of the molecule is C=C(CCC(=O)NC(CNC)C1CCCCC1)Sc1cc(CC)ccc1N.C=CC=O.CCC.NC=O. The smallest absolute Gasteiger partial charge is 0.220 e. The fourth-order valence-electron chi connectivity index (χ4n) is 3.72. The number of hydrogen-bond acceptors (Lipinski definition) is 6. The van der Waals surface area contributed by atoms with E-state index in [1.54, 1.807) is 11.8 Å². The summed E-state index contributed by atoms with van der Waals surface area (Å²) in [7, 11) is 1.95. The van der Waals surface area contributed by atoms with Crippen LogP contribution >= 0.6 is 11.8 Å². The fraction of sp³-hybridized carbons (Fsp3) is 0.552. The van der Waals surface area contributed by atoms with Crippen molar-refractivity contribution in [3.05, 3.63) is 47.9 Å². The van der Waals surface area contributed by atoms with Crippen LogP contribution in [0.2, 0.25) is 0 Å². The molecule has 1 saturated carbocycles. The van der Waals surface area contributed by atoms with Crippen LogP contribution in [0.3, 0.4) is 0 Å². The number of anilines is 1. The van der Waals surface area contributed by atoms with Crippen molar-refractivity contribution in [2.75, 3.05) is 19.3 Å². The minimum Gasteiger partial charge on any atom is -0.398 e. The molecule has 1 fully saturated rings. The zero-order valence-electron chi connectivity index (χ0n) is 23.4. The third-order valence-electron chi connectivity index (χ3n) is 5.46. The van der Waals surface area contributed by atoms with Gasteiger partial charge in [-0.3, -0.25) is 14.4 Å². The second-order valence-electron chi connectivity index (χ2n) is 8.71. The molecule has 0 aliphatic heterocycles. The molecular weight excluding hydrogens is 484 g/mol. The molecule has 1 unspecified atom stereocenters. The second-order valence-corrected chi connectivity index (χ2v) is 9.93. The van der Waals surface area contributed by atoms with E-state index in [1.165, 1.54) is 50.2 Å². The highest BCUT2D eigenvalue weighted by Crippen LogP contribution is 2.33. The zero-order valence-corrected chi connectivity index (χ0v) is 24.2. The van der Waals surface area contributed by atoms with Gasteiger partial charge in [-0.2, -0.15) is 0 Å². The minimum absolute atomic E-state index is 0.123. The maximum absolute atomic E-state index is 12.5. The lowest BCUT2D eigenvalue weighted by Gasteiger charge is -2.31. The number of aldehydes is 1. The van der Waals surface area contributed by atoms with Crippen molar-refractivity contribution in [3.63, 3.8) is 0 Å². The number of allylic oxidation sites excluding steroid dienone is 2. The van der Waals surface area contributed by atoms with Gasteiger partial charge < -0.3 is 22.1 Å². The number of nitrogen functional groups attached to an aromatic ring is 1. The van der Waals surface area contributed by atoms with Crippen molar-refractivity contribution < 1.29 is 14.4 Å². The van der Waals surface area contributed by atoms with E-state index in [4.69, 9.17) is 15.3 Å². The summed E-state index contributed by atoms with van der Waals surface area (Å²) >= 11 is 1.59. The van der Waals surface area contributed by atoms with E-state index in [1.807, 2.05) is 13.1 Å². The molecule has 0 saturated heterocycles. The molecule has 0 bridgehead atoms. The number of benzene rings is 1. The molecule has 0 heterocycles. The Hall–Kier alpha value is -2.58. The van der Waals surface area contributed by atoms with Gasteiger partial charge in [-0.1, -0.05) is 77.4 Å². The number of carbonyl (C=O) groups excluding carboxylic acids is 3. The Morgan fingerprint density at radius 2 is 1.73 bits per heavy atom. The van der Waals surface area contributed by atoms with Crippen LogP contribution in [0.25, 0.3) is 0 Å². The third-order valence-corrected chi connectivity index (χ3v) is 6.52. The first-order valence-electron chi connectivity index (χ1n) is 13.2. The maximum Gasteiger partial charge on any atom is 0.220 e. The van der Waals surface area contributed by atoms with Crippen molar-refractivity contribution in [1.29, 1.82) is 0 Å². The summed E-state index contributed by atoms with van der Waals surface area (Å²) in [5.74, 6) is 0.724. The number of amides is 2. The lowest BCUT2D eigenvalue weighted by molar-refractivity contribution is -0.122. The molecule has 1 atom stereocenters. The van der Waals surface area contributed by atoms with Crippen molar-refractivity contribution in [2.45, 2.75) is 89.5 Å². The molecule has 1 aliphatic carbocycles. The lowest BCUT2D eigenvalue weighted by atomic mass is 9.83. The van der Waals surface area contributed by atoms with E-state index >= 15 is 0 Å². The lowest BCUT2D eigenvalue weighted by Crippen LogP contribution is -2.46. The Balaban J connectivity index is 0. The number of primary amides is 1. The van der Waals surface area contributed by atoms with Crippen LogP contribution in [0, 0.1) is 5.92 Å². The normalized spacial score (nSPS) is 13.1. The van der Waals surface area contributed by atoms with Crippen molar-refractivity contribution >= 4 is 36.1 Å². The van der Waals surface area contributed by atoms with Crippen LogP contribution in [-0.4, -0.2) is 38.2 Å². The van der Waals surface area contributed by atoms with Crippen LogP contribution in [-0.2, 0) is 20.8 Å². The Morgan fingerprint density at radius 3 is 2.22 bits per heavy atom. The summed E-state index contributed by atoms with van der Waals surface area (Å²) < 4.78 is 0. The van der Waals surface area contributed by atoms with Gasteiger partial charge in [0.15, 0.2) is 0 Å². The second kappa shape index (κ2) is 25.1. The molecule has 2 rings (SSSR count). The highest BCUT2D eigenvalue weighted by molar-refractivity contribution is 8.03. The number of hydrogen-bond donors (Lipinski definition) is 4. The van der Waals surface area contributed by atoms with Crippen molar-refractivity contribution in [1.82, 2.24) is 10.6 Å². The van der Waals surface area contributed by atoms with E-state index in [2.05, 4.69) is 62.4 Å². The molecule has 1 aromatic carbocycles. The largest absolute Gasteiger partial charge is 0.398 e.